The van der Waals surface area contributed by atoms with Gasteiger partial charge in [0, 0.05) is 15.9 Å². The van der Waals surface area contributed by atoms with E-state index in [0.29, 0.717) is 17.0 Å². The molecule has 0 radical (unpaired) electrons. The summed E-state index contributed by atoms with van der Waals surface area (Å²) in [6.45, 7) is 0. The number of halogens is 2. The molecule has 100 valence electrons. The fourth-order valence-electron chi connectivity index (χ4n) is 1.90. The van der Waals surface area contributed by atoms with Gasteiger partial charge in [0.1, 0.15) is 6.10 Å². The molecule has 2 aromatic carbocycles. The van der Waals surface area contributed by atoms with Crippen LogP contribution in [-0.4, -0.2) is 16.3 Å². The van der Waals surface area contributed by atoms with E-state index in [1.54, 1.807) is 18.2 Å². The summed E-state index contributed by atoms with van der Waals surface area (Å²) < 4.78 is 0.888. The SMILES string of the molecule is OC(Cc1ccc(Br)cc1Cl)C(O)c1ccccc1. The molecule has 0 aliphatic heterocycles. The van der Waals surface area contributed by atoms with Crippen molar-refractivity contribution in [2.45, 2.75) is 18.6 Å². The molecule has 2 rings (SSSR count). The molecule has 0 saturated carbocycles. The number of benzene rings is 2. The maximum Gasteiger partial charge on any atom is 0.105 e. The van der Waals surface area contributed by atoms with Crippen LogP contribution in [0.5, 0.6) is 0 Å². The van der Waals surface area contributed by atoms with E-state index in [1.165, 1.54) is 0 Å². The smallest absolute Gasteiger partial charge is 0.105 e. The second-order valence-electron chi connectivity index (χ2n) is 4.36. The van der Waals surface area contributed by atoms with Crippen molar-refractivity contribution in [2.75, 3.05) is 0 Å². The van der Waals surface area contributed by atoms with Crippen molar-refractivity contribution >= 4 is 27.5 Å². The third-order valence-corrected chi connectivity index (χ3v) is 3.79. The quantitative estimate of drug-likeness (QED) is 0.889. The Morgan fingerprint density at radius 1 is 1.05 bits per heavy atom. The highest BCUT2D eigenvalue weighted by atomic mass is 79.9. The van der Waals surface area contributed by atoms with E-state index in [9.17, 15) is 10.2 Å². The molecule has 0 bridgehead atoms. The van der Waals surface area contributed by atoms with E-state index in [4.69, 9.17) is 11.6 Å². The molecular weight excluding hydrogens is 328 g/mol. The minimum Gasteiger partial charge on any atom is -0.390 e. The standard InChI is InChI=1S/C15H14BrClO2/c16-12-7-6-11(13(17)9-12)8-14(18)15(19)10-4-2-1-3-5-10/h1-7,9,14-15,18-19H,8H2. The van der Waals surface area contributed by atoms with Crippen molar-refractivity contribution in [3.05, 3.63) is 69.2 Å². The number of aliphatic hydroxyl groups is 2. The Bertz CT molecular complexity index is 545. The van der Waals surface area contributed by atoms with Gasteiger partial charge < -0.3 is 10.2 Å². The average molecular weight is 342 g/mol. The summed E-state index contributed by atoms with van der Waals surface area (Å²) in [6.07, 6.45) is -1.50. The normalized spacial score (nSPS) is 14.1. The van der Waals surface area contributed by atoms with Crippen molar-refractivity contribution < 1.29 is 10.2 Å². The van der Waals surface area contributed by atoms with E-state index < -0.39 is 12.2 Å². The zero-order chi connectivity index (χ0) is 13.8. The second-order valence-corrected chi connectivity index (χ2v) is 5.69. The van der Waals surface area contributed by atoms with Gasteiger partial charge in [-0.15, -0.1) is 0 Å². The lowest BCUT2D eigenvalue weighted by Gasteiger charge is -2.18. The lowest BCUT2D eigenvalue weighted by atomic mass is 9.98. The van der Waals surface area contributed by atoms with Gasteiger partial charge >= 0.3 is 0 Å². The van der Waals surface area contributed by atoms with Crippen LogP contribution in [0.1, 0.15) is 17.2 Å². The molecule has 2 N–H and O–H groups in total. The predicted octanol–water partition coefficient (Wildman–Crippen LogP) is 3.74. The predicted molar refractivity (Wildman–Crippen MR) is 80.3 cm³/mol. The van der Waals surface area contributed by atoms with Gasteiger partial charge in [-0.25, -0.2) is 0 Å². The summed E-state index contributed by atoms with van der Waals surface area (Å²) >= 11 is 9.43. The highest BCUT2D eigenvalue weighted by molar-refractivity contribution is 9.10. The van der Waals surface area contributed by atoms with Crippen molar-refractivity contribution in [2.24, 2.45) is 0 Å². The number of rotatable bonds is 4. The molecular formula is C15H14BrClO2. The third-order valence-electron chi connectivity index (χ3n) is 2.95. The van der Waals surface area contributed by atoms with Crippen molar-refractivity contribution in [1.82, 2.24) is 0 Å². The highest BCUT2D eigenvalue weighted by Gasteiger charge is 2.19. The fourth-order valence-corrected chi connectivity index (χ4v) is 2.65. The maximum absolute atomic E-state index is 10.1. The Labute approximate surface area is 125 Å². The van der Waals surface area contributed by atoms with Crippen molar-refractivity contribution in [3.8, 4) is 0 Å². The average Bonchev–Trinajstić information content (AvgIpc) is 2.42. The van der Waals surface area contributed by atoms with Crippen LogP contribution in [0.4, 0.5) is 0 Å². The molecule has 2 unspecified atom stereocenters. The van der Waals surface area contributed by atoms with Crippen molar-refractivity contribution in [3.63, 3.8) is 0 Å². The van der Waals surface area contributed by atoms with Crippen LogP contribution in [0.25, 0.3) is 0 Å². The molecule has 2 aromatic rings. The van der Waals surface area contributed by atoms with E-state index in [2.05, 4.69) is 15.9 Å². The molecule has 0 spiro atoms. The lowest BCUT2D eigenvalue weighted by Crippen LogP contribution is -2.21. The van der Waals surface area contributed by atoms with Gasteiger partial charge in [0.2, 0.25) is 0 Å². The highest BCUT2D eigenvalue weighted by Crippen LogP contribution is 2.25. The number of aliphatic hydroxyl groups excluding tert-OH is 2. The minimum absolute atomic E-state index is 0.308. The molecule has 0 aliphatic carbocycles. The number of hydrogen-bond acceptors (Lipinski definition) is 2. The van der Waals surface area contributed by atoms with Crippen molar-refractivity contribution in [1.29, 1.82) is 0 Å². The maximum atomic E-state index is 10.1. The third kappa shape index (κ3) is 3.80. The zero-order valence-electron chi connectivity index (χ0n) is 10.1. The lowest BCUT2D eigenvalue weighted by molar-refractivity contribution is 0.0190. The molecule has 2 atom stereocenters. The first-order valence-corrected chi connectivity index (χ1v) is 7.10. The molecule has 0 saturated heterocycles. The Hall–Kier alpha value is -0.870. The minimum atomic E-state index is -0.916. The summed E-state index contributed by atoms with van der Waals surface area (Å²) in [6, 6.07) is 14.6. The Kier molecular flexibility index (Phi) is 4.99. The monoisotopic (exact) mass is 340 g/mol. The summed E-state index contributed by atoms with van der Waals surface area (Å²) in [4.78, 5) is 0. The summed E-state index contributed by atoms with van der Waals surface area (Å²) in [7, 11) is 0. The largest absolute Gasteiger partial charge is 0.390 e. The number of hydrogen-bond donors (Lipinski definition) is 2. The van der Waals surface area contributed by atoms with Crippen LogP contribution in [0.2, 0.25) is 5.02 Å². The molecule has 0 aromatic heterocycles. The van der Waals surface area contributed by atoms with Crippen LogP contribution in [0, 0.1) is 0 Å². The molecule has 19 heavy (non-hydrogen) atoms. The van der Waals surface area contributed by atoms with E-state index in [0.717, 1.165) is 10.0 Å². The van der Waals surface area contributed by atoms with Gasteiger partial charge in [0.05, 0.1) is 6.10 Å². The second kappa shape index (κ2) is 6.53. The molecule has 2 nitrogen and oxygen atoms in total. The van der Waals surface area contributed by atoms with Gasteiger partial charge in [0.25, 0.3) is 0 Å². The molecule has 0 heterocycles. The van der Waals surface area contributed by atoms with Crippen LogP contribution in [-0.2, 0) is 6.42 Å². The first kappa shape index (κ1) is 14.5. The van der Waals surface area contributed by atoms with E-state index >= 15 is 0 Å². The van der Waals surface area contributed by atoms with Crippen LogP contribution in [0.3, 0.4) is 0 Å². The van der Waals surface area contributed by atoms with Gasteiger partial charge in [-0.05, 0) is 23.3 Å². The Balaban J connectivity index is 2.10. The van der Waals surface area contributed by atoms with Crippen LogP contribution in [0.15, 0.2) is 53.0 Å². The molecule has 0 amide bonds. The van der Waals surface area contributed by atoms with E-state index in [1.807, 2.05) is 30.3 Å². The molecule has 4 heteroatoms. The summed E-state index contributed by atoms with van der Waals surface area (Å²) in [5.74, 6) is 0. The van der Waals surface area contributed by atoms with Gasteiger partial charge in [0.15, 0.2) is 0 Å². The zero-order valence-corrected chi connectivity index (χ0v) is 12.5. The summed E-state index contributed by atoms with van der Waals surface area (Å²) in [5.41, 5.74) is 1.51. The Morgan fingerprint density at radius 3 is 2.37 bits per heavy atom. The Morgan fingerprint density at radius 2 is 1.74 bits per heavy atom. The van der Waals surface area contributed by atoms with Gasteiger partial charge in [-0.1, -0.05) is 63.9 Å². The van der Waals surface area contributed by atoms with Crippen LogP contribution >= 0.6 is 27.5 Å². The van der Waals surface area contributed by atoms with Gasteiger partial charge in [-0.3, -0.25) is 0 Å². The first-order chi connectivity index (χ1) is 9.08. The topological polar surface area (TPSA) is 40.5 Å². The first-order valence-electron chi connectivity index (χ1n) is 5.93. The van der Waals surface area contributed by atoms with Crippen LogP contribution < -0.4 is 0 Å². The summed E-state index contributed by atoms with van der Waals surface area (Å²) in [5, 5.41) is 20.8. The van der Waals surface area contributed by atoms with Gasteiger partial charge in [-0.2, -0.15) is 0 Å². The van der Waals surface area contributed by atoms with E-state index in [-0.39, 0.29) is 0 Å². The molecule has 0 aliphatic rings. The fraction of sp³-hybridized carbons (Fsp3) is 0.200. The molecule has 0 fully saturated rings.